The highest BCUT2D eigenvalue weighted by Crippen LogP contribution is 2.38. The lowest BCUT2D eigenvalue weighted by Crippen LogP contribution is -2.44. The zero-order chi connectivity index (χ0) is 16.8. The van der Waals surface area contributed by atoms with Crippen LogP contribution in [0, 0.1) is 0 Å². The van der Waals surface area contributed by atoms with E-state index in [1.165, 1.54) is 0 Å². The zero-order valence-electron chi connectivity index (χ0n) is 11.4. The van der Waals surface area contributed by atoms with Crippen LogP contribution in [0.2, 0.25) is 0 Å². The van der Waals surface area contributed by atoms with Crippen molar-refractivity contribution in [2.24, 2.45) is 5.11 Å². The number of hydrogen-bond acceptors (Lipinski definition) is 9. The molecule has 0 spiro atoms. The number of aromatic nitrogens is 4. The van der Waals surface area contributed by atoms with Gasteiger partial charge in [0.25, 0.3) is 5.56 Å². The number of rotatable bonds is 3. The molecule has 0 bridgehead atoms. The number of fused-ring (bicyclic) bond motifs is 1. The molecule has 4 atom stereocenters. The second kappa shape index (κ2) is 5.19. The van der Waals surface area contributed by atoms with Crippen molar-refractivity contribution in [3.63, 3.8) is 0 Å². The molecule has 0 saturated carbocycles. The molecular formula is C10H12N8O5. The number of anilines is 1. The molecule has 6 N–H and O–H groups in total. The van der Waals surface area contributed by atoms with Crippen LogP contribution in [-0.2, 0) is 4.74 Å². The summed E-state index contributed by atoms with van der Waals surface area (Å²) in [5.41, 5.74) is 11.3. The molecule has 0 aliphatic carbocycles. The molecule has 2 unspecified atom stereocenters. The second-order valence-corrected chi connectivity index (χ2v) is 4.91. The Bertz CT molecular complexity index is 857. The van der Waals surface area contributed by atoms with Crippen LogP contribution in [0.5, 0.6) is 0 Å². The molecule has 1 saturated heterocycles. The van der Waals surface area contributed by atoms with Gasteiger partial charge in [-0.25, -0.2) is 4.98 Å². The van der Waals surface area contributed by atoms with E-state index in [2.05, 4.69) is 25.0 Å². The summed E-state index contributed by atoms with van der Waals surface area (Å²) in [5, 5.41) is 32.8. The standard InChI is InChI=1S/C10H12N8O5/c11-9-14-6-3(7(22)15-9)13-2-18(6)8-4(20)5(21)10(1-19,23-8)16-17-12/h2,4-5,8,19-21H,1H2,(H3,11,14,15,22)/t4?,5?,8-,10-/m1/s1. The van der Waals surface area contributed by atoms with Gasteiger partial charge < -0.3 is 25.8 Å². The van der Waals surface area contributed by atoms with Crippen LogP contribution in [0.25, 0.3) is 21.6 Å². The number of aromatic amines is 1. The predicted octanol–water partition coefficient (Wildman–Crippen LogP) is -2.05. The summed E-state index contributed by atoms with van der Waals surface area (Å²) in [6, 6.07) is 0. The summed E-state index contributed by atoms with van der Waals surface area (Å²) in [6.45, 7) is -0.867. The zero-order valence-corrected chi connectivity index (χ0v) is 11.4. The van der Waals surface area contributed by atoms with Gasteiger partial charge in [-0.05, 0) is 5.53 Å². The average Bonchev–Trinajstić information content (AvgIpc) is 3.03. The van der Waals surface area contributed by atoms with Gasteiger partial charge in [0.15, 0.2) is 17.4 Å². The number of imidazole rings is 1. The van der Waals surface area contributed by atoms with Crippen molar-refractivity contribution in [3.8, 4) is 0 Å². The predicted molar refractivity (Wildman–Crippen MR) is 73.7 cm³/mol. The fourth-order valence-corrected chi connectivity index (χ4v) is 2.44. The molecular weight excluding hydrogens is 312 g/mol. The monoisotopic (exact) mass is 324 g/mol. The number of ether oxygens (including phenoxy) is 1. The molecule has 13 nitrogen and oxygen atoms in total. The molecule has 0 amide bonds. The van der Waals surface area contributed by atoms with Crippen LogP contribution in [0.15, 0.2) is 16.2 Å². The maximum atomic E-state index is 11.7. The maximum Gasteiger partial charge on any atom is 0.280 e. The van der Waals surface area contributed by atoms with Crippen molar-refractivity contribution in [2.45, 2.75) is 24.2 Å². The summed E-state index contributed by atoms with van der Waals surface area (Å²) in [5.74, 6) is -0.180. The van der Waals surface area contributed by atoms with Gasteiger partial charge in [0, 0.05) is 4.91 Å². The van der Waals surface area contributed by atoms with E-state index in [1.54, 1.807) is 0 Å². The average molecular weight is 324 g/mol. The quantitative estimate of drug-likeness (QED) is 0.240. The van der Waals surface area contributed by atoms with Gasteiger partial charge in [-0.3, -0.25) is 14.3 Å². The number of azide groups is 1. The minimum absolute atomic E-state index is 0.00261. The van der Waals surface area contributed by atoms with E-state index < -0.39 is 36.3 Å². The SMILES string of the molecule is [N-]=[N+]=N[C@]1(CO)O[C@@H](n2cnc3c(=O)[nH]c(N)nc32)C(O)C1O. The van der Waals surface area contributed by atoms with E-state index in [0.717, 1.165) is 10.9 Å². The van der Waals surface area contributed by atoms with Crippen molar-refractivity contribution in [1.82, 2.24) is 19.5 Å². The fourth-order valence-electron chi connectivity index (χ4n) is 2.44. The first-order valence-corrected chi connectivity index (χ1v) is 6.37. The summed E-state index contributed by atoms with van der Waals surface area (Å²) in [6.07, 6.45) is -3.44. The van der Waals surface area contributed by atoms with Crippen LogP contribution >= 0.6 is 0 Å². The van der Waals surface area contributed by atoms with Gasteiger partial charge >= 0.3 is 0 Å². The Morgan fingerprint density at radius 2 is 2.35 bits per heavy atom. The topological polar surface area (TPSA) is 208 Å². The lowest BCUT2D eigenvalue weighted by Gasteiger charge is -2.23. The Kier molecular flexibility index (Phi) is 3.43. The molecule has 122 valence electrons. The molecule has 1 aliphatic rings. The number of aliphatic hydroxyl groups is 3. The third-order valence-electron chi connectivity index (χ3n) is 3.57. The number of nitrogens with one attached hydrogen (secondary N) is 1. The van der Waals surface area contributed by atoms with Gasteiger partial charge in [0.1, 0.15) is 12.2 Å². The Labute approximate surface area is 126 Å². The number of nitrogen functional groups attached to an aromatic ring is 1. The van der Waals surface area contributed by atoms with Crippen LogP contribution in [-0.4, -0.2) is 59.4 Å². The highest BCUT2D eigenvalue weighted by atomic mass is 16.6. The molecule has 3 rings (SSSR count). The van der Waals surface area contributed by atoms with Crippen LogP contribution in [0.4, 0.5) is 5.95 Å². The molecule has 23 heavy (non-hydrogen) atoms. The van der Waals surface area contributed by atoms with Crippen LogP contribution in [0.1, 0.15) is 6.23 Å². The van der Waals surface area contributed by atoms with E-state index in [9.17, 15) is 20.1 Å². The third-order valence-corrected chi connectivity index (χ3v) is 3.57. The number of aliphatic hydroxyl groups excluding tert-OH is 3. The molecule has 0 radical (unpaired) electrons. The first-order chi connectivity index (χ1) is 10.9. The molecule has 0 aromatic carbocycles. The maximum absolute atomic E-state index is 11.7. The van der Waals surface area contributed by atoms with Crippen LogP contribution in [0.3, 0.4) is 0 Å². The first kappa shape index (κ1) is 15.2. The van der Waals surface area contributed by atoms with E-state index in [1.807, 2.05) is 0 Å². The Balaban J connectivity index is 2.13. The van der Waals surface area contributed by atoms with Crippen molar-refractivity contribution in [1.29, 1.82) is 0 Å². The summed E-state index contributed by atoms with van der Waals surface area (Å²) < 4.78 is 6.51. The normalized spacial score (nSPS) is 30.5. The van der Waals surface area contributed by atoms with Crippen molar-refractivity contribution in [3.05, 3.63) is 27.1 Å². The fraction of sp³-hybridized carbons (Fsp3) is 0.500. The summed E-state index contributed by atoms with van der Waals surface area (Å²) in [4.78, 5) is 24.3. The molecule has 2 aromatic heterocycles. The molecule has 1 aliphatic heterocycles. The third kappa shape index (κ3) is 2.11. The Morgan fingerprint density at radius 3 is 3.00 bits per heavy atom. The molecule has 13 heteroatoms. The van der Waals surface area contributed by atoms with Gasteiger partial charge in [-0.1, -0.05) is 5.11 Å². The number of nitrogens with two attached hydrogens (primary N) is 1. The molecule has 1 fully saturated rings. The summed E-state index contributed by atoms with van der Waals surface area (Å²) in [7, 11) is 0. The van der Waals surface area contributed by atoms with Gasteiger partial charge in [-0.15, -0.1) is 0 Å². The lowest BCUT2D eigenvalue weighted by molar-refractivity contribution is -0.123. The second-order valence-electron chi connectivity index (χ2n) is 4.91. The van der Waals surface area contributed by atoms with E-state index >= 15 is 0 Å². The highest BCUT2D eigenvalue weighted by molar-refractivity contribution is 5.70. The van der Waals surface area contributed by atoms with Gasteiger partial charge in [-0.2, -0.15) is 4.98 Å². The number of H-pyrrole nitrogens is 1. The van der Waals surface area contributed by atoms with Gasteiger partial charge in [0.05, 0.1) is 12.9 Å². The van der Waals surface area contributed by atoms with Gasteiger partial charge in [0.2, 0.25) is 11.7 Å². The minimum Gasteiger partial charge on any atom is -0.393 e. The van der Waals surface area contributed by atoms with Crippen molar-refractivity contribution >= 4 is 17.1 Å². The highest BCUT2D eigenvalue weighted by Gasteiger charge is 2.55. The van der Waals surface area contributed by atoms with Crippen LogP contribution < -0.4 is 11.3 Å². The molecule has 2 aromatic rings. The lowest BCUT2D eigenvalue weighted by atomic mass is 10.1. The minimum atomic E-state index is -2.07. The van der Waals surface area contributed by atoms with E-state index in [4.69, 9.17) is 16.0 Å². The molecule has 3 heterocycles. The largest absolute Gasteiger partial charge is 0.393 e. The Hall–Kier alpha value is -2.70. The Morgan fingerprint density at radius 1 is 1.61 bits per heavy atom. The van der Waals surface area contributed by atoms with E-state index in [0.29, 0.717) is 0 Å². The van der Waals surface area contributed by atoms with E-state index in [-0.39, 0.29) is 17.1 Å². The first-order valence-electron chi connectivity index (χ1n) is 6.37. The van der Waals surface area contributed by atoms with Crippen molar-refractivity contribution in [2.75, 3.05) is 12.3 Å². The smallest absolute Gasteiger partial charge is 0.280 e. The van der Waals surface area contributed by atoms with Crippen molar-refractivity contribution < 1.29 is 20.1 Å². The number of hydrogen-bond donors (Lipinski definition) is 5. The summed E-state index contributed by atoms with van der Waals surface area (Å²) >= 11 is 0. The number of nitrogens with zero attached hydrogens (tertiary/aromatic N) is 6.